The summed E-state index contributed by atoms with van der Waals surface area (Å²) in [6.07, 6.45) is 9.23. The summed E-state index contributed by atoms with van der Waals surface area (Å²) in [5.74, 6) is 2.20. The van der Waals surface area contributed by atoms with Crippen LogP contribution in [-0.4, -0.2) is 31.2 Å². The minimum atomic E-state index is -0.357. The Kier molecular flexibility index (Phi) is 4.66. The first-order chi connectivity index (χ1) is 13.6. The van der Waals surface area contributed by atoms with Crippen molar-refractivity contribution in [1.29, 1.82) is 0 Å². The molecule has 1 N–H and O–H groups in total. The molecule has 1 aromatic carbocycles. The molecule has 0 unspecified atom stereocenters. The maximum absolute atomic E-state index is 12.6. The van der Waals surface area contributed by atoms with Gasteiger partial charge in [0.05, 0.1) is 12.2 Å². The SMILES string of the molecule is O=C(OCC12CC3CC(CC(C3)C1)C2)c1ccc(NC(=O)[C@H]2CCCO2)cc1. The van der Waals surface area contributed by atoms with E-state index >= 15 is 0 Å². The van der Waals surface area contributed by atoms with E-state index in [-0.39, 0.29) is 23.4 Å². The number of hydrogen-bond acceptors (Lipinski definition) is 4. The molecular weight excluding hydrogens is 354 g/mol. The van der Waals surface area contributed by atoms with Gasteiger partial charge in [-0.3, -0.25) is 4.79 Å². The zero-order valence-electron chi connectivity index (χ0n) is 16.3. The molecule has 5 nitrogen and oxygen atoms in total. The van der Waals surface area contributed by atoms with Crippen LogP contribution in [0.1, 0.15) is 61.7 Å². The molecule has 5 heteroatoms. The van der Waals surface area contributed by atoms with Crippen molar-refractivity contribution in [2.45, 2.75) is 57.5 Å². The highest BCUT2D eigenvalue weighted by molar-refractivity contribution is 5.95. The van der Waals surface area contributed by atoms with Crippen LogP contribution in [0.5, 0.6) is 0 Å². The fourth-order valence-electron chi connectivity index (χ4n) is 6.47. The van der Waals surface area contributed by atoms with E-state index < -0.39 is 0 Å². The van der Waals surface area contributed by atoms with Gasteiger partial charge in [0.15, 0.2) is 0 Å². The molecule has 4 aliphatic carbocycles. The zero-order valence-corrected chi connectivity index (χ0v) is 16.3. The Bertz CT molecular complexity index is 715. The van der Waals surface area contributed by atoms with E-state index in [2.05, 4.69) is 5.32 Å². The van der Waals surface area contributed by atoms with Crippen LogP contribution in [-0.2, 0) is 14.3 Å². The van der Waals surface area contributed by atoms with Gasteiger partial charge in [-0.05, 0) is 93.4 Å². The Labute approximate surface area is 166 Å². The fraction of sp³-hybridized carbons (Fsp3) is 0.652. The molecule has 4 bridgehead atoms. The summed E-state index contributed by atoms with van der Waals surface area (Å²) in [6, 6.07) is 6.97. The van der Waals surface area contributed by atoms with Gasteiger partial charge in [0.25, 0.3) is 5.91 Å². The molecule has 1 saturated heterocycles. The van der Waals surface area contributed by atoms with Gasteiger partial charge in [0, 0.05) is 17.7 Å². The molecular formula is C23H29NO4. The monoisotopic (exact) mass is 383 g/mol. The van der Waals surface area contributed by atoms with Crippen molar-refractivity contribution < 1.29 is 19.1 Å². The Hall–Kier alpha value is -1.88. The van der Waals surface area contributed by atoms with Crippen molar-refractivity contribution >= 4 is 17.6 Å². The quantitative estimate of drug-likeness (QED) is 0.775. The number of carbonyl (C=O) groups excluding carboxylic acids is 2. The topological polar surface area (TPSA) is 64.6 Å². The average Bonchev–Trinajstić information content (AvgIpc) is 3.21. The predicted molar refractivity (Wildman–Crippen MR) is 105 cm³/mol. The smallest absolute Gasteiger partial charge is 0.338 e. The fourth-order valence-corrected chi connectivity index (χ4v) is 6.47. The van der Waals surface area contributed by atoms with Crippen LogP contribution in [0.4, 0.5) is 5.69 Å². The molecule has 1 heterocycles. The third-order valence-corrected chi connectivity index (χ3v) is 7.28. The molecule has 28 heavy (non-hydrogen) atoms. The predicted octanol–water partition coefficient (Wildman–Crippen LogP) is 4.18. The second-order valence-corrected chi connectivity index (χ2v) is 9.56. The number of esters is 1. The number of benzene rings is 1. The van der Waals surface area contributed by atoms with E-state index in [0.29, 0.717) is 24.5 Å². The lowest BCUT2D eigenvalue weighted by Gasteiger charge is -2.56. The zero-order chi connectivity index (χ0) is 19.1. The van der Waals surface area contributed by atoms with Crippen molar-refractivity contribution in [3.05, 3.63) is 29.8 Å². The highest BCUT2D eigenvalue weighted by atomic mass is 16.5. The molecule has 5 fully saturated rings. The highest BCUT2D eigenvalue weighted by Crippen LogP contribution is 2.60. The van der Waals surface area contributed by atoms with E-state index in [4.69, 9.17) is 9.47 Å². The van der Waals surface area contributed by atoms with Gasteiger partial charge in [0.1, 0.15) is 6.10 Å². The first kappa shape index (κ1) is 18.2. The number of hydrogen-bond donors (Lipinski definition) is 1. The van der Waals surface area contributed by atoms with Gasteiger partial charge in [-0.25, -0.2) is 4.79 Å². The molecule has 0 spiro atoms. The van der Waals surface area contributed by atoms with Crippen LogP contribution < -0.4 is 5.32 Å². The van der Waals surface area contributed by atoms with Crippen molar-refractivity contribution in [3.8, 4) is 0 Å². The molecule has 1 aliphatic heterocycles. The maximum Gasteiger partial charge on any atom is 0.338 e. The van der Waals surface area contributed by atoms with E-state index in [9.17, 15) is 9.59 Å². The van der Waals surface area contributed by atoms with Crippen molar-refractivity contribution in [3.63, 3.8) is 0 Å². The lowest BCUT2D eigenvalue weighted by Crippen LogP contribution is -2.48. The summed E-state index contributed by atoms with van der Waals surface area (Å²) in [6.45, 7) is 1.21. The lowest BCUT2D eigenvalue weighted by molar-refractivity contribution is -0.124. The van der Waals surface area contributed by atoms with Crippen molar-refractivity contribution in [2.75, 3.05) is 18.5 Å². The minimum absolute atomic E-state index is 0.116. The van der Waals surface area contributed by atoms with E-state index in [1.807, 2.05) is 0 Å². The number of carbonyl (C=O) groups is 2. The number of ether oxygens (including phenoxy) is 2. The molecule has 150 valence electrons. The van der Waals surface area contributed by atoms with E-state index in [0.717, 1.165) is 30.6 Å². The lowest BCUT2D eigenvalue weighted by atomic mass is 9.50. The number of nitrogens with one attached hydrogen (secondary N) is 1. The Morgan fingerprint density at radius 3 is 2.25 bits per heavy atom. The maximum atomic E-state index is 12.6. The summed E-state index contributed by atoms with van der Waals surface area (Å²) in [5, 5.41) is 2.85. The van der Waals surface area contributed by atoms with Gasteiger partial charge >= 0.3 is 5.97 Å². The van der Waals surface area contributed by atoms with Gasteiger partial charge < -0.3 is 14.8 Å². The summed E-state index contributed by atoms with van der Waals surface area (Å²) in [5.41, 5.74) is 1.46. The summed E-state index contributed by atoms with van der Waals surface area (Å²) < 4.78 is 11.2. The van der Waals surface area contributed by atoms with Crippen LogP contribution in [0, 0.1) is 23.2 Å². The normalized spacial score (nSPS) is 35.7. The van der Waals surface area contributed by atoms with E-state index in [1.54, 1.807) is 24.3 Å². The number of rotatable bonds is 5. The summed E-state index contributed by atoms with van der Waals surface area (Å²) >= 11 is 0. The second-order valence-electron chi connectivity index (χ2n) is 9.56. The van der Waals surface area contributed by atoms with Gasteiger partial charge in [-0.15, -0.1) is 0 Å². The first-order valence-electron chi connectivity index (χ1n) is 10.8. The highest BCUT2D eigenvalue weighted by Gasteiger charge is 2.51. The average molecular weight is 383 g/mol. The Morgan fingerprint density at radius 2 is 1.68 bits per heavy atom. The van der Waals surface area contributed by atoms with Crippen LogP contribution in [0.2, 0.25) is 0 Å². The van der Waals surface area contributed by atoms with Gasteiger partial charge in [-0.2, -0.15) is 0 Å². The minimum Gasteiger partial charge on any atom is -0.462 e. The molecule has 1 aromatic rings. The van der Waals surface area contributed by atoms with E-state index in [1.165, 1.54) is 38.5 Å². The van der Waals surface area contributed by atoms with Crippen molar-refractivity contribution in [2.24, 2.45) is 23.2 Å². The molecule has 1 atom stereocenters. The molecule has 6 rings (SSSR count). The number of anilines is 1. The van der Waals surface area contributed by atoms with Crippen LogP contribution >= 0.6 is 0 Å². The molecule has 5 aliphatic rings. The molecule has 0 aromatic heterocycles. The Morgan fingerprint density at radius 1 is 1.04 bits per heavy atom. The van der Waals surface area contributed by atoms with Crippen LogP contribution in [0.3, 0.4) is 0 Å². The number of amides is 1. The van der Waals surface area contributed by atoms with Crippen LogP contribution in [0.25, 0.3) is 0 Å². The van der Waals surface area contributed by atoms with Crippen LogP contribution in [0.15, 0.2) is 24.3 Å². The standard InChI is InChI=1S/C23H29NO4/c25-21(20-2-1-7-27-20)24-19-5-3-18(4-6-19)22(26)28-14-23-11-15-8-16(12-23)10-17(9-15)13-23/h3-6,15-17,20H,1-2,7-14H2,(H,24,25)/t15?,16?,17?,20-,23?/m1/s1. The second kappa shape index (κ2) is 7.18. The Balaban J connectivity index is 1.16. The summed E-state index contributed by atoms with van der Waals surface area (Å²) in [4.78, 5) is 24.7. The largest absolute Gasteiger partial charge is 0.462 e. The third-order valence-electron chi connectivity index (χ3n) is 7.28. The third kappa shape index (κ3) is 3.57. The van der Waals surface area contributed by atoms with Crippen molar-refractivity contribution in [1.82, 2.24) is 0 Å². The molecule has 1 amide bonds. The summed E-state index contributed by atoms with van der Waals surface area (Å²) in [7, 11) is 0. The first-order valence-corrected chi connectivity index (χ1v) is 10.8. The molecule has 4 saturated carbocycles. The molecule has 0 radical (unpaired) electrons. The van der Waals surface area contributed by atoms with Gasteiger partial charge in [-0.1, -0.05) is 0 Å². The van der Waals surface area contributed by atoms with Gasteiger partial charge in [0.2, 0.25) is 0 Å².